The van der Waals surface area contributed by atoms with Crippen molar-refractivity contribution in [3.8, 4) is 5.88 Å². The van der Waals surface area contributed by atoms with Crippen LogP contribution in [0.4, 0.5) is 13.2 Å². The average molecular weight is 264 g/mol. The van der Waals surface area contributed by atoms with Crippen molar-refractivity contribution in [3.63, 3.8) is 0 Å². The number of hydrogen-bond acceptors (Lipinski definition) is 4. The maximum atomic E-state index is 12.5. The summed E-state index contributed by atoms with van der Waals surface area (Å²) in [6, 6.07) is 2.16. The molecule has 0 atom stereocenters. The number of aromatic nitrogens is 1. The molecular formula is C11H15F3N2O2. The van der Waals surface area contributed by atoms with Crippen LogP contribution in [0.2, 0.25) is 0 Å². The van der Waals surface area contributed by atoms with Gasteiger partial charge in [-0.15, -0.1) is 0 Å². The van der Waals surface area contributed by atoms with Crippen LogP contribution in [0.3, 0.4) is 0 Å². The number of pyridine rings is 1. The molecule has 0 aliphatic heterocycles. The van der Waals surface area contributed by atoms with Crippen LogP contribution in [0.5, 0.6) is 5.88 Å². The number of ether oxygens (including phenoxy) is 2. The highest BCUT2D eigenvalue weighted by atomic mass is 19.4. The Morgan fingerprint density at radius 2 is 2.00 bits per heavy atom. The number of nitrogens with two attached hydrogens (primary N) is 1. The highest BCUT2D eigenvalue weighted by Gasteiger charge is 2.33. The predicted octanol–water partition coefficient (Wildman–Crippen LogP) is 1.97. The lowest BCUT2D eigenvalue weighted by Crippen LogP contribution is -2.14. The molecule has 0 aliphatic rings. The molecule has 1 aromatic rings. The first-order valence-electron chi connectivity index (χ1n) is 5.46. The van der Waals surface area contributed by atoms with Gasteiger partial charge in [-0.2, -0.15) is 13.2 Å². The molecule has 1 rings (SSSR count). The zero-order chi connectivity index (χ0) is 13.6. The first kappa shape index (κ1) is 14.7. The van der Waals surface area contributed by atoms with Crippen LogP contribution in [0, 0.1) is 0 Å². The summed E-state index contributed by atoms with van der Waals surface area (Å²) in [5, 5.41) is 0. The van der Waals surface area contributed by atoms with Gasteiger partial charge in [0.1, 0.15) is 12.3 Å². The summed E-state index contributed by atoms with van der Waals surface area (Å²) < 4.78 is 47.6. The van der Waals surface area contributed by atoms with Crippen molar-refractivity contribution < 1.29 is 22.6 Å². The first-order chi connectivity index (χ1) is 8.49. The summed E-state index contributed by atoms with van der Waals surface area (Å²) in [6.45, 7) is 2.82. The summed E-state index contributed by atoms with van der Waals surface area (Å²) in [5.41, 5.74) is 4.84. The van der Waals surface area contributed by atoms with E-state index in [0.29, 0.717) is 18.8 Å². The molecule has 0 bridgehead atoms. The Balaban J connectivity index is 2.79. The fraction of sp³-hybridized carbons (Fsp3) is 0.545. The first-order valence-corrected chi connectivity index (χ1v) is 5.46. The fourth-order valence-corrected chi connectivity index (χ4v) is 1.25. The van der Waals surface area contributed by atoms with Gasteiger partial charge < -0.3 is 15.2 Å². The third-order valence-electron chi connectivity index (χ3n) is 2.12. The Morgan fingerprint density at radius 3 is 2.56 bits per heavy atom. The summed E-state index contributed by atoms with van der Waals surface area (Å²) >= 11 is 0. The van der Waals surface area contributed by atoms with E-state index in [2.05, 4.69) is 4.98 Å². The molecule has 0 aromatic carbocycles. The van der Waals surface area contributed by atoms with Gasteiger partial charge in [-0.25, -0.2) is 4.98 Å². The molecule has 0 radical (unpaired) electrons. The molecule has 0 spiro atoms. The van der Waals surface area contributed by atoms with Gasteiger partial charge in [0.2, 0.25) is 5.88 Å². The lowest BCUT2D eigenvalue weighted by molar-refractivity contribution is -0.141. The summed E-state index contributed by atoms with van der Waals surface area (Å²) in [7, 11) is 0. The minimum atomic E-state index is -4.49. The van der Waals surface area contributed by atoms with E-state index < -0.39 is 11.9 Å². The van der Waals surface area contributed by atoms with Crippen molar-refractivity contribution in [3.05, 3.63) is 23.4 Å². The molecule has 1 aromatic heterocycles. The largest absolute Gasteiger partial charge is 0.475 e. The van der Waals surface area contributed by atoms with Gasteiger partial charge in [-0.05, 0) is 13.0 Å². The molecule has 4 nitrogen and oxygen atoms in total. The molecule has 1 heterocycles. The number of rotatable bonds is 6. The third-order valence-corrected chi connectivity index (χ3v) is 2.12. The third kappa shape index (κ3) is 4.15. The van der Waals surface area contributed by atoms with Gasteiger partial charge in [-0.1, -0.05) is 6.07 Å². The van der Waals surface area contributed by atoms with E-state index in [-0.39, 0.29) is 19.0 Å². The van der Waals surface area contributed by atoms with E-state index in [0.717, 1.165) is 6.07 Å². The molecule has 0 amide bonds. The number of hydrogen-bond donors (Lipinski definition) is 1. The van der Waals surface area contributed by atoms with E-state index in [1.165, 1.54) is 6.07 Å². The lowest BCUT2D eigenvalue weighted by Gasteiger charge is -2.12. The zero-order valence-corrected chi connectivity index (χ0v) is 9.96. The van der Waals surface area contributed by atoms with Gasteiger partial charge in [-0.3, -0.25) is 0 Å². The van der Waals surface area contributed by atoms with Crippen LogP contribution in [0.1, 0.15) is 18.2 Å². The Morgan fingerprint density at radius 1 is 1.28 bits per heavy atom. The van der Waals surface area contributed by atoms with Crippen molar-refractivity contribution in [2.45, 2.75) is 19.6 Å². The van der Waals surface area contributed by atoms with Crippen LogP contribution >= 0.6 is 0 Å². The van der Waals surface area contributed by atoms with E-state index in [1.54, 1.807) is 0 Å². The lowest BCUT2D eigenvalue weighted by atomic mass is 10.2. The van der Waals surface area contributed by atoms with Crippen LogP contribution in [-0.4, -0.2) is 24.8 Å². The fourth-order valence-electron chi connectivity index (χ4n) is 1.25. The Hall–Kier alpha value is -1.34. The second-order valence-corrected chi connectivity index (χ2v) is 3.41. The van der Waals surface area contributed by atoms with Crippen molar-refractivity contribution in [1.29, 1.82) is 0 Å². The smallest absolute Gasteiger partial charge is 0.433 e. The highest BCUT2D eigenvalue weighted by molar-refractivity contribution is 5.29. The van der Waals surface area contributed by atoms with E-state index >= 15 is 0 Å². The Bertz CT molecular complexity index is 383. The van der Waals surface area contributed by atoms with Gasteiger partial charge in [0.25, 0.3) is 0 Å². The molecule has 0 aliphatic carbocycles. The van der Waals surface area contributed by atoms with Crippen molar-refractivity contribution in [2.75, 3.05) is 19.8 Å². The van der Waals surface area contributed by atoms with Crippen molar-refractivity contribution in [2.24, 2.45) is 5.73 Å². The maximum Gasteiger partial charge on any atom is 0.433 e. The second-order valence-electron chi connectivity index (χ2n) is 3.41. The Labute approximate surface area is 103 Å². The van der Waals surface area contributed by atoms with Gasteiger partial charge in [0.05, 0.1) is 6.61 Å². The van der Waals surface area contributed by atoms with Crippen molar-refractivity contribution >= 4 is 0 Å². The summed E-state index contributed by atoms with van der Waals surface area (Å²) in [4.78, 5) is 3.43. The zero-order valence-electron chi connectivity index (χ0n) is 9.96. The molecule has 0 saturated carbocycles. The van der Waals surface area contributed by atoms with Crippen LogP contribution < -0.4 is 10.5 Å². The standard InChI is InChI=1S/C11H15F3N2O2/c1-2-17-5-6-18-10-8(7-15)3-4-9(16-10)11(12,13)14/h3-4H,2,5-7,15H2,1H3. The topological polar surface area (TPSA) is 57.4 Å². The second kappa shape index (κ2) is 6.55. The minimum absolute atomic E-state index is 0.0646. The van der Waals surface area contributed by atoms with E-state index in [9.17, 15) is 13.2 Å². The van der Waals surface area contributed by atoms with Crippen LogP contribution in [0.15, 0.2) is 12.1 Å². The Kier molecular flexibility index (Phi) is 5.36. The van der Waals surface area contributed by atoms with Crippen LogP contribution in [0.25, 0.3) is 0 Å². The predicted molar refractivity (Wildman–Crippen MR) is 59.1 cm³/mol. The van der Waals surface area contributed by atoms with Crippen molar-refractivity contribution in [1.82, 2.24) is 4.98 Å². The number of halogens is 3. The molecule has 18 heavy (non-hydrogen) atoms. The van der Waals surface area contributed by atoms with Gasteiger partial charge in [0, 0.05) is 18.7 Å². The minimum Gasteiger partial charge on any atom is -0.475 e. The summed E-state index contributed by atoms with van der Waals surface area (Å²) in [6.07, 6.45) is -4.49. The average Bonchev–Trinajstić information content (AvgIpc) is 2.33. The van der Waals surface area contributed by atoms with Crippen LogP contribution in [-0.2, 0) is 17.5 Å². The maximum absolute atomic E-state index is 12.5. The monoisotopic (exact) mass is 264 g/mol. The molecule has 0 saturated heterocycles. The number of nitrogens with zero attached hydrogens (tertiary/aromatic N) is 1. The summed E-state index contributed by atoms with van der Waals surface area (Å²) in [5.74, 6) is -0.0907. The SMILES string of the molecule is CCOCCOc1nc(C(F)(F)F)ccc1CN. The number of alkyl halides is 3. The van der Waals surface area contributed by atoms with Gasteiger partial charge >= 0.3 is 6.18 Å². The van der Waals surface area contributed by atoms with E-state index in [4.69, 9.17) is 15.2 Å². The normalized spacial score (nSPS) is 11.6. The highest BCUT2D eigenvalue weighted by Crippen LogP contribution is 2.30. The van der Waals surface area contributed by atoms with Gasteiger partial charge in [0.15, 0.2) is 0 Å². The molecule has 0 fully saturated rings. The molecule has 102 valence electrons. The molecule has 2 N–H and O–H groups in total. The molecule has 0 unspecified atom stereocenters. The quantitative estimate of drug-likeness (QED) is 0.798. The molecular weight excluding hydrogens is 249 g/mol. The molecule has 7 heteroatoms. The van der Waals surface area contributed by atoms with E-state index in [1.807, 2.05) is 6.92 Å².